The van der Waals surface area contributed by atoms with E-state index in [1.165, 1.54) is 6.07 Å². The van der Waals surface area contributed by atoms with E-state index < -0.39 is 5.97 Å². The molecule has 0 saturated carbocycles. The molecular formula is C10H11NO3. The third kappa shape index (κ3) is 1.33. The summed E-state index contributed by atoms with van der Waals surface area (Å²) in [6.45, 7) is 1.44. The average Bonchev–Trinajstić information content (AvgIpc) is 2.17. The standard InChI is InChI=1S/C10H11NO3/c12-8-2-1-6-5-11-4-3-7(6)9(8)10(13)14/h1-2,11-12H,3-5H2,(H,13,14). The quantitative estimate of drug-likeness (QED) is 0.615. The van der Waals surface area contributed by atoms with E-state index in [2.05, 4.69) is 5.32 Å². The highest BCUT2D eigenvalue weighted by Crippen LogP contribution is 2.26. The summed E-state index contributed by atoms with van der Waals surface area (Å²) in [5.74, 6) is -1.19. The van der Waals surface area contributed by atoms with E-state index >= 15 is 0 Å². The van der Waals surface area contributed by atoms with Crippen LogP contribution in [0.2, 0.25) is 0 Å². The van der Waals surface area contributed by atoms with Crippen molar-refractivity contribution < 1.29 is 15.0 Å². The lowest BCUT2D eigenvalue weighted by Gasteiger charge is -2.19. The Bertz CT molecular complexity index is 387. The monoisotopic (exact) mass is 193 g/mol. The summed E-state index contributed by atoms with van der Waals surface area (Å²) >= 11 is 0. The third-order valence-corrected chi connectivity index (χ3v) is 2.47. The number of benzene rings is 1. The molecule has 1 aliphatic heterocycles. The van der Waals surface area contributed by atoms with Crippen LogP contribution in [-0.2, 0) is 13.0 Å². The van der Waals surface area contributed by atoms with Crippen molar-refractivity contribution in [3.05, 3.63) is 28.8 Å². The number of aromatic carboxylic acids is 1. The number of aromatic hydroxyl groups is 1. The smallest absolute Gasteiger partial charge is 0.339 e. The molecule has 0 radical (unpaired) electrons. The van der Waals surface area contributed by atoms with Gasteiger partial charge in [-0.3, -0.25) is 0 Å². The molecule has 74 valence electrons. The first-order valence-corrected chi connectivity index (χ1v) is 4.48. The lowest BCUT2D eigenvalue weighted by Crippen LogP contribution is -2.25. The van der Waals surface area contributed by atoms with Crippen LogP contribution in [-0.4, -0.2) is 22.7 Å². The topological polar surface area (TPSA) is 69.6 Å². The predicted octanol–water partition coefficient (Wildman–Crippen LogP) is 0.736. The minimum absolute atomic E-state index is 0.0593. The van der Waals surface area contributed by atoms with Crippen molar-refractivity contribution in [3.63, 3.8) is 0 Å². The van der Waals surface area contributed by atoms with Crippen molar-refractivity contribution >= 4 is 5.97 Å². The Morgan fingerprint density at radius 2 is 2.21 bits per heavy atom. The number of hydrogen-bond acceptors (Lipinski definition) is 3. The van der Waals surface area contributed by atoms with Gasteiger partial charge in [0.25, 0.3) is 0 Å². The zero-order valence-corrected chi connectivity index (χ0v) is 7.58. The summed E-state index contributed by atoms with van der Waals surface area (Å²) < 4.78 is 0. The molecule has 14 heavy (non-hydrogen) atoms. The third-order valence-electron chi connectivity index (χ3n) is 2.47. The van der Waals surface area contributed by atoms with Gasteiger partial charge in [0.05, 0.1) is 0 Å². The molecule has 0 saturated heterocycles. The number of fused-ring (bicyclic) bond motifs is 1. The Morgan fingerprint density at radius 1 is 1.43 bits per heavy atom. The van der Waals surface area contributed by atoms with E-state index in [1.54, 1.807) is 6.07 Å². The van der Waals surface area contributed by atoms with Gasteiger partial charge in [-0.15, -0.1) is 0 Å². The van der Waals surface area contributed by atoms with Crippen LogP contribution in [0.4, 0.5) is 0 Å². The normalized spacial score (nSPS) is 14.9. The highest BCUT2D eigenvalue weighted by atomic mass is 16.4. The van der Waals surface area contributed by atoms with Gasteiger partial charge in [-0.05, 0) is 30.2 Å². The minimum atomic E-state index is -1.05. The Hall–Kier alpha value is -1.55. The lowest BCUT2D eigenvalue weighted by atomic mass is 9.95. The van der Waals surface area contributed by atoms with Crippen molar-refractivity contribution in [1.29, 1.82) is 0 Å². The molecule has 0 amide bonds. The maximum Gasteiger partial charge on any atom is 0.339 e. The maximum atomic E-state index is 10.9. The summed E-state index contributed by atoms with van der Waals surface area (Å²) in [6, 6.07) is 3.21. The molecule has 1 aromatic carbocycles. The zero-order chi connectivity index (χ0) is 10.1. The minimum Gasteiger partial charge on any atom is -0.507 e. The van der Waals surface area contributed by atoms with Crippen molar-refractivity contribution in [3.8, 4) is 5.75 Å². The molecule has 0 bridgehead atoms. The first-order chi connectivity index (χ1) is 6.70. The molecule has 4 nitrogen and oxygen atoms in total. The first kappa shape index (κ1) is 9.02. The molecule has 1 aromatic rings. The Morgan fingerprint density at radius 3 is 2.93 bits per heavy atom. The lowest BCUT2D eigenvalue weighted by molar-refractivity contribution is 0.0692. The van der Waals surface area contributed by atoms with Gasteiger partial charge in [-0.2, -0.15) is 0 Å². The number of hydrogen-bond donors (Lipinski definition) is 3. The molecule has 4 heteroatoms. The van der Waals surface area contributed by atoms with Crippen LogP contribution < -0.4 is 5.32 Å². The molecule has 2 rings (SSSR count). The number of carboxylic acids is 1. The predicted molar refractivity (Wildman–Crippen MR) is 50.5 cm³/mol. The van der Waals surface area contributed by atoms with E-state index in [-0.39, 0.29) is 11.3 Å². The van der Waals surface area contributed by atoms with Gasteiger partial charge >= 0.3 is 5.97 Å². The van der Waals surface area contributed by atoms with Gasteiger partial charge < -0.3 is 15.5 Å². The van der Waals surface area contributed by atoms with Crippen molar-refractivity contribution in [1.82, 2.24) is 5.32 Å². The molecule has 0 aliphatic carbocycles. The van der Waals surface area contributed by atoms with Crippen LogP contribution in [0.3, 0.4) is 0 Å². The molecule has 0 aromatic heterocycles. The molecule has 0 atom stereocenters. The van der Waals surface area contributed by atoms with E-state index in [9.17, 15) is 9.90 Å². The Labute approximate surface area is 81.2 Å². The summed E-state index contributed by atoms with van der Waals surface area (Å²) in [7, 11) is 0. The fourth-order valence-corrected chi connectivity index (χ4v) is 1.80. The van der Waals surface area contributed by atoms with E-state index in [0.29, 0.717) is 13.0 Å². The number of rotatable bonds is 1. The van der Waals surface area contributed by atoms with Gasteiger partial charge in [0.2, 0.25) is 0 Å². The fraction of sp³-hybridized carbons (Fsp3) is 0.300. The van der Waals surface area contributed by atoms with Gasteiger partial charge in [-0.25, -0.2) is 4.79 Å². The summed E-state index contributed by atoms with van der Waals surface area (Å²) in [5.41, 5.74) is 1.78. The second kappa shape index (κ2) is 3.31. The van der Waals surface area contributed by atoms with Gasteiger partial charge in [0.1, 0.15) is 11.3 Å². The fourth-order valence-electron chi connectivity index (χ4n) is 1.80. The highest BCUT2D eigenvalue weighted by Gasteiger charge is 2.20. The van der Waals surface area contributed by atoms with Gasteiger partial charge in [0.15, 0.2) is 0 Å². The van der Waals surface area contributed by atoms with Gasteiger partial charge in [0, 0.05) is 6.54 Å². The van der Waals surface area contributed by atoms with Crippen molar-refractivity contribution in [2.24, 2.45) is 0 Å². The zero-order valence-electron chi connectivity index (χ0n) is 7.58. The number of phenols is 1. The SMILES string of the molecule is O=C(O)c1c(O)ccc2c1CCNC2. The second-order valence-electron chi connectivity index (χ2n) is 3.33. The number of carboxylic acid groups (broad SMARTS) is 1. The molecule has 3 N–H and O–H groups in total. The van der Waals surface area contributed by atoms with E-state index in [0.717, 1.165) is 17.7 Å². The first-order valence-electron chi connectivity index (χ1n) is 4.48. The van der Waals surface area contributed by atoms with Crippen LogP contribution in [0.1, 0.15) is 21.5 Å². The molecule has 0 fully saturated rings. The number of nitrogens with one attached hydrogen (secondary N) is 1. The van der Waals surface area contributed by atoms with Crippen molar-refractivity contribution in [2.75, 3.05) is 6.54 Å². The van der Waals surface area contributed by atoms with E-state index in [1.807, 2.05) is 0 Å². The van der Waals surface area contributed by atoms with Gasteiger partial charge in [-0.1, -0.05) is 6.07 Å². The second-order valence-corrected chi connectivity index (χ2v) is 3.33. The van der Waals surface area contributed by atoms with Crippen LogP contribution in [0.15, 0.2) is 12.1 Å². The maximum absolute atomic E-state index is 10.9. The van der Waals surface area contributed by atoms with Crippen LogP contribution in [0, 0.1) is 0 Å². The molecule has 0 spiro atoms. The van der Waals surface area contributed by atoms with Crippen molar-refractivity contribution in [2.45, 2.75) is 13.0 Å². The number of carbonyl (C=O) groups is 1. The summed E-state index contributed by atoms with van der Waals surface area (Å²) in [4.78, 5) is 10.9. The molecule has 1 aliphatic rings. The summed E-state index contributed by atoms with van der Waals surface area (Å²) in [5, 5.41) is 21.5. The largest absolute Gasteiger partial charge is 0.507 e. The highest BCUT2D eigenvalue weighted by molar-refractivity contribution is 5.93. The summed E-state index contributed by atoms with van der Waals surface area (Å²) in [6.07, 6.45) is 0.658. The Kier molecular flexibility index (Phi) is 2.13. The van der Waals surface area contributed by atoms with Crippen LogP contribution in [0.25, 0.3) is 0 Å². The average molecular weight is 193 g/mol. The molecule has 0 unspecified atom stereocenters. The Balaban J connectivity index is 2.60. The van der Waals surface area contributed by atoms with E-state index in [4.69, 9.17) is 5.11 Å². The molecular weight excluding hydrogens is 182 g/mol. The van der Waals surface area contributed by atoms with Crippen LogP contribution in [0.5, 0.6) is 5.75 Å². The molecule has 1 heterocycles. The van der Waals surface area contributed by atoms with Crippen LogP contribution >= 0.6 is 0 Å².